The fraction of sp³-hybridized carbons (Fsp3) is 0.400. The molecule has 0 heterocycles. The van der Waals surface area contributed by atoms with E-state index in [9.17, 15) is 0 Å². The Kier molecular flexibility index (Phi) is 3.60. The second-order valence-corrected chi connectivity index (χ2v) is 3.64. The van der Waals surface area contributed by atoms with Crippen molar-refractivity contribution in [2.24, 2.45) is 0 Å². The van der Waals surface area contributed by atoms with Crippen molar-refractivity contribution < 1.29 is 4.74 Å². The summed E-state index contributed by atoms with van der Waals surface area (Å²) in [5, 5.41) is 0. The van der Waals surface area contributed by atoms with Gasteiger partial charge in [0.05, 0.1) is 16.8 Å². The van der Waals surface area contributed by atoms with Gasteiger partial charge in [-0.3, -0.25) is 0 Å². The summed E-state index contributed by atoms with van der Waals surface area (Å²) < 4.78 is 6.33. The van der Waals surface area contributed by atoms with E-state index in [1.807, 2.05) is 19.1 Å². The average Bonchev–Trinajstić information content (AvgIpc) is 2.11. The summed E-state index contributed by atoms with van der Waals surface area (Å²) >= 11 is 3.43. The van der Waals surface area contributed by atoms with Crippen LogP contribution in [-0.2, 0) is 6.42 Å². The number of nitrogen functional groups attached to an aromatic ring is 1. The third kappa shape index (κ3) is 2.37. The lowest BCUT2D eigenvalue weighted by Gasteiger charge is -2.10. The van der Waals surface area contributed by atoms with E-state index in [1.54, 1.807) is 0 Å². The minimum Gasteiger partial charge on any atom is -0.491 e. The van der Waals surface area contributed by atoms with Gasteiger partial charge in [0, 0.05) is 0 Å². The van der Waals surface area contributed by atoms with E-state index in [2.05, 4.69) is 22.9 Å². The first kappa shape index (κ1) is 10.4. The van der Waals surface area contributed by atoms with Crippen molar-refractivity contribution in [3.8, 4) is 5.75 Å². The number of anilines is 1. The maximum Gasteiger partial charge on any atom is 0.156 e. The molecule has 0 aliphatic heterocycles. The van der Waals surface area contributed by atoms with Crippen LogP contribution in [0.5, 0.6) is 5.75 Å². The smallest absolute Gasteiger partial charge is 0.156 e. The SMILES string of the molecule is CCOc1c(N)cc(CC)cc1Br. The molecule has 0 fully saturated rings. The van der Waals surface area contributed by atoms with E-state index in [0.717, 1.165) is 16.6 Å². The number of benzene rings is 1. The summed E-state index contributed by atoms with van der Waals surface area (Å²) in [5.41, 5.74) is 7.75. The van der Waals surface area contributed by atoms with E-state index in [4.69, 9.17) is 10.5 Å². The van der Waals surface area contributed by atoms with Gasteiger partial charge < -0.3 is 10.5 Å². The molecule has 0 unspecified atom stereocenters. The summed E-state index contributed by atoms with van der Waals surface area (Å²) in [6, 6.07) is 4.00. The molecule has 0 saturated carbocycles. The van der Waals surface area contributed by atoms with Gasteiger partial charge in [-0.2, -0.15) is 0 Å². The molecule has 3 heteroatoms. The largest absolute Gasteiger partial charge is 0.491 e. The van der Waals surface area contributed by atoms with Gasteiger partial charge in [0.25, 0.3) is 0 Å². The van der Waals surface area contributed by atoms with Crippen LogP contribution in [0.2, 0.25) is 0 Å². The first-order chi connectivity index (χ1) is 6.19. The highest BCUT2D eigenvalue weighted by Crippen LogP contribution is 2.32. The lowest BCUT2D eigenvalue weighted by molar-refractivity contribution is 0.340. The van der Waals surface area contributed by atoms with E-state index >= 15 is 0 Å². The van der Waals surface area contributed by atoms with Crippen LogP contribution in [0.15, 0.2) is 16.6 Å². The van der Waals surface area contributed by atoms with Gasteiger partial charge in [0.2, 0.25) is 0 Å². The molecule has 0 aromatic heterocycles. The number of hydrogen-bond acceptors (Lipinski definition) is 2. The van der Waals surface area contributed by atoms with Gasteiger partial charge in [0.15, 0.2) is 5.75 Å². The fourth-order valence-corrected chi connectivity index (χ4v) is 1.81. The number of ether oxygens (including phenoxy) is 1. The third-order valence-corrected chi connectivity index (χ3v) is 2.42. The van der Waals surface area contributed by atoms with Crippen molar-refractivity contribution in [3.05, 3.63) is 22.2 Å². The fourth-order valence-electron chi connectivity index (χ4n) is 1.17. The van der Waals surface area contributed by atoms with Crippen LogP contribution in [0.25, 0.3) is 0 Å². The molecule has 0 aliphatic rings. The van der Waals surface area contributed by atoms with Crippen LogP contribution >= 0.6 is 15.9 Å². The molecule has 0 amide bonds. The molecular weight excluding hydrogens is 230 g/mol. The molecule has 1 aromatic carbocycles. The van der Waals surface area contributed by atoms with Crippen molar-refractivity contribution >= 4 is 21.6 Å². The maximum absolute atomic E-state index is 5.83. The van der Waals surface area contributed by atoms with E-state index in [0.29, 0.717) is 12.3 Å². The lowest BCUT2D eigenvalue weighted by atomic mass is 10.1. The molecule has 0 spiro atoms. The Labute approximate surface area is 87.2 Å². The summed E-state index contributed by atoms with van der Waals surface area (Å²) in [5.74, 6) is 0.750. The Bertz CT molecular complexity index is 276. The zero-order valence-corrected chi connectivity index (χ0v) is 9.52. The van der Waals surface area contributed by atoms with Gasteiger partial charge in [-0.1, -0.05) is 6.92 Å². The quantitative estimate of drug-likeness (QED) is 0.829. The highest BCUT2D eigenvalue weighted by molar-refractivity contribution is 9.10. The van der Waals surface area contributed by atoms with Crippen LogP contribution in [0, 0.1) is 0 Å². The second kappa shape index (κ2) is 4.51. The summed E-state index contributed by atoms with van der Waals surface area (Å²) in [7, 11) is 0. The predicted octanol–water partition coefficient (Wildman–Crippen LogP) is 2.99. The number of nitrogens with two attached hydrogens (primary N) is 1. The molecule has 0 bridgehead atoms. The van der Waals surface area contributed by atoms with E-state index < -0.39 is 0 Å². The van der Waals surface area contributed by atoms with Crippen LogP contribution in [0.3, 0.4) is 0 Å². The Hall–Kier alpha value is -0.700. The van der Waals surface area contributed by atoms with Crippen LogP contribution in [0.1, 0.15) is 19.4 Å². The van der Waals surface area contributed by atoms with Gasteiger partial charge in [-0.25, -0.2) is 0 Å². The molecule has 13 heavy (non-hydrogen) atoms. The Balaban J connectivity index is 3.07. The monoisotopic (exact) mass is 243 g/mol. The topological polar surface area (TPSA) is 35.2 Å². The first-order valence-corrected chi connectivity index (χ1v) is 5.19. The Morgan fingerprint density at radius 1 is 1.38 bits per heavy atom. The molecule has 0 saturated heterocycles. The first-order valence-electron chi connectivity index (χ1n) is 4.39. The minimum absolute atomic E-state index is 0.633. The Morgan fingerprint density at radius 2 is 2.08 bits per heavy atom. The van der Waals surface area contributed by atoms with Crippen LogP contribution in [-0.4, -0.2) is 6.61 Å². The Morgan fingerprint density at radius 3 is 2.54 bits per heavy atom. The molecule has 1 aromatic rings. The molecule has 0 atom stereocenters. The number of rotatable bonds is 3. The second-order valence-electron chi connectivity index (χ2n) is 2.78. The van der Waals surface area contributed by atoms with Crippen LogP contribution in [0.4, 0.5) is 5.69 Å². The zero-order chi connectivity index (χ0) is 9.84. The summed E-state index contributed by atoms with van der Waals surface area (Å²) in [6.07, 6.45) is 0.981. The highest BCUT2D eigenvalue weighted by atomic mass is 79.9. The van der Waals surface area contributed by atoms with Gasteiger partial charge in [0.1, 0.15) is 0 Å². The van der Waals surface area contributed by atoms with Crippen molar-refractivity contribution in [2.75, 3.05) is 12.3 Å². The molecular formula is C10H14BrNO. The maximum atomic E-state index is 5.83. The third-order valence-electron chi connectivity index (χ3n) is 1.83. The van der Waals surface area contributed by atoms with Crippen molar-refractivity contribution in [1.29, 1.82) is 0 Å². The molecule has 0 radical (unpaired) electrons. The number of halogens is 1. The molecule has 2 N–H and O–H groups in total. The lowest BCUT2D eigenvalue weighted by Crippen LogP contribution is -1.98. The zero-order valence-electron chi connectivity index (χ0n) is 7.93. The molecule has 0 aliphatic carbocycles. The minimum atomic E-state index is 0.633. The van der Waals surface area contributed by atoms with E-state index in [-0.39, 0.29) is 0 Å². The van der Waals surface area contributed by atoms with Crippen molar-refractivity contribution in [3.63, 3.8) is 0 Å². The molecule has 1 rings (SSSR count). The summed E-state index contributed by atoms with van der Waals surface area (Å²) in [6.45, 7) is 4.68. The van der Waals surface area contributed by atoms with Crippen molar-refractivity contribution in [1.82, 2.24) is 0 Å². The van der Waals surface area contributed by atoms with Crippen LogP contribution < -0.4 is 10.5 Å². The van der Waals surface area contributed by atoms with Crippen molar-refractivity contribution in [2.45, 2.75) is 20.3 Å². The van der Waals surface area contributed by atoms with E-state index in [1.165, 1.54) is 5.56 Å². The van der Waals surface area contributed by atoms with Gasteiger partial charge >= 0.3 is 0 Å². The summed E-state index contributed by atoms with van der Waals surface area (Å²) in [4.78, 5) is 0. The highest BCUT2D eigenvalue weighted by Gasteiger charge is 2.06. The van der Waals surface area contributed by atoms with Gasteiger partial charge in [-0.05, 0) is 47.0 Å². The molecule has 2 nitrogen and oxygen atoms in total. The number of hydrogen-bond donors (Lipinski definition) is 1. The molecule has 72 valence electrons. The van der Waals surface area contributed by atoms with Gasteiger partial charge in [-0.15, -0.1) is 0 Å². The normalized spacial score (nSPS) is 10.1. The average molecular weight is 244 g/mol. The predicted molar refractivity (Wildman–Crippen MR) is 59.1 cm³/mol. The standard InChI is InChI=1S/C10H14BrNO/c1-3-7-5-8(11)10(13-4-2)9(12)6-7/h5-6H,3-4,12H2,1-2H3. The number of aryl methyl sites for hydroxylation is 1.